The number of carboxylic acid groups (broad SMARTS) is 1. The largest absolute Gasteiger partial charge is 0.481 e. The fraction of sp³-hybridized carbons (Fsp3) is 0.389. The summed E-state index contributed by atoms with van der Waals surface area (Å²) in [5.74, 6) is -0.380. The van der Waals surface area contributed by atoms with Gasteiger partial charge in [-0.1, -0.05) is 0 Å². The first kappa shape index (κ1) is 16.2. The van der Waals surface area contributed by atoms with Crippen LogP contribution < -0.4 is 0 Å². The molecule has 6 nitrogen and oxygen atoms in total. The van der Waals surface area contributed by atoms with Crippen molar-refractivity contribution in [2.24, 2.45) is 5.41 Å². The average molecular weight is 328 g/mol. The molecule has 6 heteroatoms. The first-order valence-electron chi connectivity index (χ1n) is 7.95. The molecular formula is C18H20N2O4. The van der Waals surface area contributed by atoms with Crippen molar-refractivity contribution in [1.29, 1.82) is 0 Å². The highest BCUT2D eigenvalue weighted by Crippen LogP contribution is 2.31. The summed E-state index contributed by atoms with van der Waals surface area (Å²) < 4.78 is 5.32. The van der Waals surface area contributed by atoms with Crippen molar-refractivity contribution in [3.8, 4) is 11.5 Å². The minimum atomic E-state index is -0.886. The zero-order valence-electron chi connectivity index (χ0n) is 13.8. The Labute approximate surface area is 140 Å². The van der Waals surface area contributed by atoms with Crippen LogP contribution in [0.4, 0.5) is 0 Å². The minimum absolute atomic E-state index is 0.168. The Morgan fingerprint density at radius 2 is 2.12 bits per heavy atom. The molecule has 0 aliphatic carbocycles. The van der Waals surface area contributed by atoms with E-state index in [1.807, 2.05) is 6.07 Å². The van der Waals surface area contributed by atoms with Crippen LogP contribution in [0.5, 0.6) is 0 Å². The van der Waals surface area contributed by atoms with Gasteiger partial charge < -0.3 is 14.4 Å². The smallest absolute Gasteiger partial charge is 0.311 e. The van der Waals surface area contributed by atoms with E-state index in [4.69, 9.17) is 4.42 Å². The number of pyridine rings is 1. The number of hydrogen-bond acceptors (Lipinski definition) is 4. The standard InChI is InChI=1S/C18H20N2O4/c1-12-13(6-7-14(19-12)15-5-3-10-24-15)16(21)20-9-4-8-18(2,11-20)17(22)23/h3,5-7,10H,4,8-9,11H2,1-2H3,(H,22,23). The highest BCUT2D eigenvalue weighted by molar-refractivity contribution is 5.96. The molecule has 24 heavy (non-hydrogen) atoms. The molecule has 1 unspecified atom stereocenters. The van der Waals surface area contributed by atoms with Crippen molar-refractivity contribution in [2.45, 2.75) is 26.7 Å². The van der Waals surface area contributed by atoms with Gasteiger partial charge in [0.1, 0.15) is 5.69 Å². The number of piperidine rings is 1. The Kier molecular flexibility index (Phi) is 4.13. The van der Waals surface area contributed by atoms with E-state index in [0.717, 1.165) is 0 Å². The van der Waals surface area contributed by atoms with Gasteiger partial charge in [-0.15, -0.1) is 0 Å². The SMILES string of the molecule is Cc1nc(-c2ccco2)ccc1C(=O)N1CCCC(C)(C(=O)O)C1. The zero-order valence-corrected chi connectivity index (χ0v) is 13.8. The third-order valence-electron chi connectivity index (χ3n) is 4.59. The van der Waals surface area contributed by atoms with Crippen LogP contribution in [0.3, 0.4) is 0 Å². The lowest BCUT2D eigenvalue weighted by atomic mass is 9.82. The Balaban J connectivity index is 1.84. The van der Waals surface area contributed by atoms with Gasteiger partial charge >= 0.3 is 5.97 Å². The summed E-state index contributed by atoms with van der Waals surface area (Å²) in [5.41, 5.74) is 0.892. The number of likely N-dealkylation sites (tertiary alicyclic amines) is 1. The monoisotopic (exact) mass is 328 g/mol. The van der Waals surface area contributed by atoms with Crippen LogP contribution in [-0.2, 0) is 4.79 Å². The molecule has 0 saturated carbocycles. The van der Waals surface area contributed by atoms with Gasteiger partial charge in [-0.05, 0) is 51.0 Å². The second kappa shape index (κ2) is 6.11. The van der Waals surface area contributed by atoms with E-state index in [-0.39, 0.29) is 12.5 Å². The molecule has 2 aromatic rings. The summed E-state index contributed by atoms with van der Waals surface area (Å²) in [6.45, 7) is 4.27. The molecule has 1 aliphatic rings. The van der Waals surface area contributed by atoms with Crippen molar-refractivity contribution in [2.75, 3.05) is 13.1 Å². The van der Waals surface area contributed by atoms with Crippen LogP contribution in [0.25, 0.3) is 11.5 Å². The molecule has 0 radical (unpaired) electrons. The molecule has 0 aromatic carbocycles. The number of carbonyl (C=O) groups is 2. The summed E-state index contributed by atoms with van der Waals surface area (Å²) in [6, 6.07) is 7.08. The molecular weight excluding hydrogens is 308 g/mol. The van der Waals surface area contributed by atoms with Crippen LogP contribution in [-0.4, -0.2) is 40.0 Å². The molecule has 1 N–H and O–H groups in total. The Morgan fingerprint density at radius 1 is 1.33 bits per heavy atom. The Morgan fingerprint density at radius 3 is 2.75 bits per heavy atom. The van der Waals surface area contributed by atoms with Crippen molar-refractivity contribution < 1.29 is 19.1 Å². The molecule has 1 saturated heterocycles. The highest BCUT2D eigenvalue weighted by atomic mass is 16.4. The van der Waals surface area contributed by atoms with Crippen LogP contribution in [0.15, 0.2) is 34.9 Å². The van der Waals surface area contributed by atoms with Gasteiger partial charge in [0, 0.05) is 13.1 Å². The van der Waals surface area contributed by atoms with Gasteiger partial charge in [0.25, 0.3) is 5.91 Å². The van der Waals surface area contributed by atoms with Crippen LogP contribution in [0.2, 0.25) is 0 Å². The maximum atomic E-state index is 12.8. The maximum absolute atomic E-state index is 12.8. The number of aliphatic carboxylic acids is 1. The van der Waals surface area contributed by atoms with E-state index in [1.54, 1.807) is 43.2 Å². The number of hydrogen-bond donors (Lipinski definition) is 1. The first-order valence-corrected chi connectivity index (χ1v) is 7.95. The summed E-state index contributed by atoms with van der Waals surface area (Å²) in [4.78, 5) is 30.3. The summed E-state index contributed by atoms with van der Waals surface area (Å²) in [6.07, 6.45) is 2.85. The zero-order chi connectivity index (χ0) is 17.3. The summed E-state index contributed by atoms with van der Waals surface area (Å²) >= 11 is 0. The molecule has 1 atom stereocenters. The van der Waals surface area contributed by atoms with E-state index in [9.17, 15) is 14.7 Å². The van der Waals surface area contributed by atoms with E-state index >= 15 is 0 Å². The normalized spacial score (nSPS) is 20.8. The summed E-state index contributed by atoms with van der Waals surface area (Å²) in [5, 5.41) is 9.40. The van der Waals surface area contributed by atoms with E-state index < -0.39 is 11.4 Å². The average Bonchev–Trinajstić information content (AvgIpc) is 3.08. The van der Waals surface area contributed by atoms with Crippen LogP contribution >= 0.6 is 0 Å². The van der Waals surface area contributed by atoms with Gasteiger partial charge in [0.05, 0.1) is 22.9 Å². The minimum Gasteiger partial charge on any atom is -0.481 e. The Bertz CT molecular complexity index is 769. The van der Waals surface area contributed by atoms with Gasteiger partial charge in [0.2, 0.25) is 0 Å². The van der Waals surface area contributed by atoms with Crippen molar-refractivity contribution >= 4 is 11.9 Å². The Hall–Kier alpha value is -2.63. The predicted molar refractivity (Wildman–Crippen MR) is 87.6 cm³/mol. The molecule has 0 bridgehead atoms. The van der Waals surface area contributed by atoms with E-state index in [0.29, 0.717) is 42.1 Å². The lowest BCUT2D eigenvalue weighted by Crippen LogP contribution is -2.48. The lowest BCUT2D eigenvalue weighted by molar-refractivity contribution is -0.150. The predicted octanol–water partition coefficient (Wildman–Crippen LogP) is 2.98. The lowest BCUT2D eigenvalue weighted by Gasteiger charge is -2.37. The number of furan rings is 1. The van der Waals surface area contributed by atoms with Gasteiger partial charge in [-0.3, -0.25) is 9.59 Å². The summed E-state index contributed by atoms with van der Waals surface area (Å²) in [7, 11) is 0. The number of carbonyl (C=O) groups excluding carboxylic acids is 1. The van der Waals surface area contributed by atoms with Gasteiger partial charge in [-0.25, -0.2) is 4.98 Å². The molecule has 1 fully saturated rings. The number of amides is 1. The van der Waals surface area contributed by atoms with E-state index in [2.05, 4.69) is 4.98 Å². The fourth-order valence-electron chi connectivity index (χ4n) is 3.11. The molecule has 3 heterocycles. The molecule has 3 rings (SSSR count). The van der Waals surface area contributed by atoms with Crippen molar-refractivity contribution in [1.82, 2.24) is 9.88 Å². The maximum Gasteiger partial charge on any atom is 0.311 e. The van der Waals surface area contributed by atoms with Crippen molar-refractivity contribution in [3.05, 3.63) is 41.8 Å². The number of aromatic nitrogens is 1. The van der Waals surface area contributed by atoms with Crippen molar-refractivity contribution in [3.63, 3.8) is 0 Å². The second-order valence-corrected chi connectivity index (χ2v) is 6.50. The number of carboxylic acids is 1. The highest BCUT2D eigenvalue weighted by Gasteiger charge is 2.39. The third-order valence-corrected chi connectivity index (χ3v) is 4.59. The second-order valence-electron chi connectivity index (χ2n) is 6.50. The number of aryl methyl sites for hydroxylation is 1. The molecule has 2 aromatic heterocycles. The van der Waals surface area contributed by atoms with Crippen LogP contribution in [0.1, 0.15) is 35.8 Å². The van der Waals surface area contributed by atoms with Gasteiger partial charge in [-0.2, -0.15) is 0 Å². The number of rotatable bonds is 3. The van der Waals surface area contributed by atoms with Gasteiger partial charge in [0.15, 0.2) is 5.76 Å². The molecule has 0 spiro atoms. The number of nitrogens with zero attached hydrogens (tertiary/aromatic N) is 2. The van der Waals surface area contributed by atoms with E-state index in [1.165, 1.54) is 0 Å². The molecule has 1 aliphatic heterocycles. The molecule has 126 valence electrons. The molecule has 1 amide bonds. The quantitative estimate of drug-likeness (QED) is 0.936. The first-order chi connectivity index (χ1) is 11.4. The topological polar surface area (TPSA) is 83.6 Å². The van der Waals surface area contributed by atoms with Crippen LogP contribution in [0, 0.1) is 12.3 Å². The third kappa shape index (κ3) is 2.91. The fourth-order valence-corrected chi connectivity index (χ4v) is 3.11.